The Hall–Kier alpha value is -1.88. The van der Waals surface area contributed by atoms with Gasteiger partial charge in [-0.2, -0.15) is 4.98 Å². The van der Waals surface area contributed by atoms with Crippen LogP contribution in [0.4, 0.5) is 0 Å². The predicted molar refractivity (Wildman–Crippen MR) is 68.0 cm³/mol. The number of nitrogens with zero attached hydrogens (tertiary/aromatic N) is 2. The minimum absolute atomic E-state index is 0.256. The van der Waals surface area contributed by atoms with Crippen molar-refractivity contribution in [2.45, 2.75) is 25.2 Å². The molecule has 1 unspecified atom stereocenters. The zero-order valence-electron chi connectivity index (χ0n) is 10.6. The Morgan fingerprint density at radius 1 is 1.26 bits per heavy atom. The van der Waals surface area contributed by atoms with E-state index in [1.165, 1.54) is 0 Å². The molecule has 1 N–H and O–H groups in total. The van der Waals surface area contributed by atoms with E-state index in [9.17, 15) is 5.11 Å². The molecule has 1 aromatic heterocycles. The van der Waals surface area contributed by atoms with Crippen molar-refractivity contribution in [2.24, 2.45) is 0 Å². The molecule has 0 aliphatic carbocycles. The Morgan fingerprint density at radius 3 is 2.84 bits per heavy atom. The van der Waals surface area contributed by atoms with Gasteiger partial charge in [0, 0.05) is 12.5 Å². The molecule has 1 saturated heterocycles. The van der Waals surface area contributed by atoms with Crippen LogP contribution < -0.4 is 0 Å². The largest absolute Gasteiger partial charge is 0.508 e. The average molecular weight is 260 g/mol. The standard InChI is InChI=1S/C14H16N2O3/c17-12-5-3-10(4-6-12)8-13-15-14(16-19-13)11-2-1-7-18-9-11/h3-6,11,17H,1-2,7-9H2. The van der Waals surface area contributed by atoms with Crippen LogP contribution in [0.5, 0.6) is 5.75 Å². The number of phenolic OH excluding ortho intramolecular Hbond substituents is 1. The van der Waals surface area contributed by atoms with Gasteiger partial charge in [-0.15, -0.1) is 0 Å². The van der Waals surface area contributed by atoms with Crippen molar-refractivity contribution in [3.63, 3.8) is 0 Å². The van der Waals surface area contributed by atoms with Crippen molar-refractivity contribution in [1.29, 1.82) is 0 Å². The SMILES string of the molecule is Oc1ccc(Cc2nc(C3CCCOC3)no2)cc1. The van der Waals surface area contributed by atoms with Gasteiger partial charge in [0.2, 0.25) is 5.89 Å². The summed E-state index contributed by atoms with van der Waals surface area (Å²) < 4.78 is 10.7. The molecular formula is C14H16N2O3. The molecule has 0 spiro atoms. The summed E-state index contributed by atoms with van der Waals surface area (Å²) in [6.07, 6.45) is 2.69. The summed E-state index contributed by atoms with van der Waals surface area (Å²) >= 11 is 0. The summed E-state index contributed by atoms with van der Waals surface area (Å²) in [5, 5.41) is 13.3. The summed E-state index contributed by atoms with van der Waals surface area (Å²) in [5.74, 6) is 1.86. The summed E-state index contributed by atoms with van der Waals surface area (Å²) in [4.78, 5) is 4.43. The second kappa shape index (κ2) is 5.40. The fourth-order valence-electron chi connectivity index (χ4n) is 2.24. The zero-order chi connectivity index (χ0) is 13.1. The van der Waals surface area contributed by atoms with Gasteiger partial charge in [0.1, 0.15) is 5.75 Å². The Labute approximate surface area is 111 Å². The van der Waals surface area contributed by atoms with E-state index in [1.807, 2.05) is 12.1 Å². The Kier molecular flexibility index (Phi) is 3.46. The highest BCUT2D eigenvalue weighted by Gasteiger charge is 2.21. The third kappa shape index (κ3) is 2.93. The molecule has 2 heterocycles. The fraction of sp³-hybridized carbons (Fsp3) is 0.429. The third-order valence-corrected chi connectivity index (χ3v) is 3.30. The number of phenols is 1. The fourth-order valence-corrected chi connectivity index (χ4v) is 2.24. The minimum atomic E-state index is 0.256. The lowest BCUT2D eigenvalue weighted by Crippen LogP contribution is -2.16. The molecule has 1 aliphatic rings. The van der Waals surface area contributed by atoms with Crippen LogP contribution in [-0.2, 0) is 11.2 Å². The maximum absolute atomic E-state index is 9.23. The molecule has 1 aliphatic heterocycles. The van der Waals surface area contributed by atoms with E-state index in [2.05, 4.69) is 10.1 Å². The number of benzene rings is 1. The van der Waals surface area contributed by atoms with Gasteiger partial charge in [0.15, 0.2) is 5.82 Å². The first kappa shape index (κ1) is 12.2. The summed E-state index contributed by atoms with van der Waals surface area (Å²) in [5.41, 5.74) is 1.04. The normalized spacial score (nSPS) is 19.5. The molecule has 0 amide bonds. The molecule has 5 heteroatoms. The van der Waals surface area contributed by atoms with Crippen LogP contribution in [0.1, 0.15) is 36.0 Å². The Balaban J connectivity index is 1.68. The molecule has 1 aromatic carbocycles. The third-order valence-electron chi connectivity index (χ3n) is 3.30. The van der Waals surface area contributed by atoms with Gasteiger partial charge in [0.05, 0.1) is 13.0 Å². The minimum Gasteiger partial charge on any atom is -0.508 e. The summed E-state index contributed by atoms with van der Waals surface area (Å²) in [6, 6.07) is 7.01. The summed E-state index contributed by atoms with van der Waals surface area (Å²) in [7, 11) is 0. The molecule has 1 atom stereocenters. The molecule has 0 bridgehead atoms. The Bertz CT molecular complexity index is 530. The second-order valence-corrected chi connectivity index (χ2v) is 4.80. The van der Waals surface area contributed by atoms with E-state index in [-0.39, 0.29) is 11.7 Å². The quantitative estimate of drug-likeness (QED) is 0.916. The van der Waals surface area contributed by atoms with Crippen molar-refractivity contribution < 1.29 is 14.4 Å². The first-order valence-electron chi connectivity index (χ1n) is 6.49. The second-order valence-electron chi connectivity index (χ2n) is 4.80. The van der Waals surface area contributed by atoms with Crippen LogP contribution in [0.3, 0.4) is 0 Å². The van der Waals surface area contributed by atoms with Gasteiger partial charge in [-0.05, 0) is 30.5 Å². The lowest BCUT2D eigenvalue weighted by Gasteiger charge is -2.18. The van der Waals surface area contributed by atoms with Gasteiger partial charge in [-0.1, -0.05) is 17.3 Å². The van der Waals surface area contributed by atoms with Crippen molar-refractivity contribution >= 4 is 0 Å². The van der Waals surface area contributed by atoms with Crippen LogP contribution in [0.2, 0.25) is 0 Å². The maximum Gasteiger partial charge on any atom is 0.231 e. The Morgan fingerprint density at radius 2 is 2.11 bits per heavy atom. The van der Waals surface area contributed by atoms with Crippen molar-refractivity contribution in [3.05, 3.63) is 41.5 Å². The van der Waals surface area contributed by atoms with Gasteiger partial charge in [-0.25, -0.2) is 0 Å². The van der Waals surface area contributed by atoms with Crippen molar-refractivity contribution in [2.75, 3.05) is 13.2 Å². The van der Waals surface area contributed by atoms with Crippen LogP contribution in [0.25, 0.3) is 0 Å². The number of hydrogen-bond acceptors (Lipinski definition) is 5. The summed E-state index contributed by atoms with van der Waals surface area (Å²) in [6.45, 7) is 1.51. The number of aromatic nitrogens is 2. The zero-order valence-corrected chi connectivity index (χ0v) is 10.6. The van der Waals surface area contributed by atoms with E-state index in [4.69, 9.17) is 9.26 Å². The lowest BCUT2D eigenvalue weighted by molar-refractivity contribution is 0.0773. The van der Waals surface area contributed by atoms with E-state index in [0.717, 1.165) is 30.8 Å². The van der Waals surface area contributed by atoms with Crippen LogP contribution in [0.15, 0.2) is 28.8 Å². The van der Waals surface area contributed by atoms with E-state index < -0.39 is 0 Å². The number of rotatable bonds is 3. The van der Waals surface area contributed by atoms with Crippen LogP contribution in [-0.4, -0.2) is 28.5 Å². The van der Waals surface area contributed by atoms with E-state index in [1.54, 1.807) is 12.1 Å². The number of ether oxygens (including phenoxy) is 1. The van der Waals surface area contributed by atoms with Gasteiger partial charge >= 0.3 is 0 Å². The number of aromatic hydroxyl groups is 1. The topological polar surface area (TPSA) is 68.4 Å². The molecular weight excluding hydrogens is 244 g/mol. The molecule has 0 radical (unpaired) electrons. The van der Waals surface area contributed by atoms with Crippen LogP contribution >= 0.6 is 0 Å². The lowest BCUT2D eigenvalue weighted by atomic mass is 10.0. The average Bonchev–Trinajstić information content (AvgIpc) is 2.91. The van der Waals surface area contributed by atoms with Crippen molar-refractivity contribution in [3.8, 4) is 5.75 Å². The van der Waals surface area contributed by atoms with Crippen LogP contribution in [0, 0.1) is 0 Å². The first-order chi connectivity index (χ1) is 9.31. The van der Waals surface area contributed by atoms with Gasteiger partial charge in [0.25, 0.3) is 0 Å². The molecule has 1 fully saturated rings. The highest BCUT2D eigenvalue weighted by Crippen LogP contribution is 2.23. The first-order valence-corrected chi connectivity index (χ1v) is 6.49. The molecule has 3 rings (SSSR count). The highest BCUT2D eigenvalue weighted by molar-refractivity contribution is 5.27. The van der Waals surface area contributed by atoms with Crippen molar-refractivity contribution in [1.82, 2.24) is 10.1 Å². The highest BCUT2D eigenvalue weighted by atomic mass is 16.5. The van der Waals surface area contributed by atoms with Gasteiger partial charge in [-0.3, -0.25) is 0 Å². The van der Waals surface area contributed by atoms with E-state index in [0.29, 0.717) is 18.9 Å². The van der Waals surface area contributed by atoms with Gasteiger partial charge < -0.3 is 14.4 Å². The maximum atomic E-state index is 9.23. The molecule has 100 valence electrons. The molecule has 2 aromatic rings. The molecule has 5 nitrogen and oxygen atoms in total. The predicted octanol–water partition coefficient (Wildman–Crippen LogP) is 2.26. The smallest absolute Gasteiger partial charge is 0.231 e. The van der Waals surface area contributed by atoms with E-state index >= 15 is 0 Å². The molecule has 19 heavy (non-hydrogen) atoms. The molecule has 0 saturated carbocycles. The number of hydrogen-bond donors (Lipinski definition) is 1. The monoisotopic (exact) mass is 260 g/mol.